The van der Waals surface area contributed by atoms with Crippen molar-refractivity contribution < 1.29 is 13.9 Å². The van der Waals surface area contributed by atoms with E-state index in [1.807, 2.05) is 18.4 Å². The quantitative estimate of drug-likeness (QED) is 0.656. The number of rotatable bonds is 4. The van der Waals surface area contributed by atoms with E-state index in [0.29, 0.717) is 18.0 Å². The van der Waals surface area contributed by atoms with Gasteiger partial charge in [0.15, 0.2) is 4.80 Å². The third-order valence-corrected chi connectivity index (χ3v) is 5.55. The molecule has 0 radical (unpaired) electrons. The predicted octanol–water partition coefficient (Wildman–Crippen LogP) is 4.50. The minimum Gasteiger partial charge on any atom is -0.383 e. The summed E-state index contributed by atoms with van der Waals surface area (Å²) in [5, 5.41) is 0.0509. The van der Waals surface area contributed by atoms with Gasteiger partial charge in [0.2, 0.25) is 0 Å². The fraction of sp³-hybridized carbons (Fsp3) is 0.263. The lowest BCUT2D eigenvalue weighted by Crippen LogP contribution is -2.19. The number of thiazole rings is 1. The van der Waals surface area contributed by atoms with Crippen LogP contribution in [-0.4, -0.2) is 24.2 Å². The maximum Gasteiger partial charge on any atom is 0.284 e. The number of benzene rings is 2. The van der Waals surface area contributed by atoms with Crippen LogP contribution in [0, 0.1) is 19.7 Å². The van der Waals surface area contributed by atoms with Crippen LogP contribution in [0.3, 0.4) is 0 Å². The fourth-order valence-electron chi connectivity index (χ4n) is 2.65. The molecule has 1 heterocycles. The third-order valence-electron chi connectivity index (χ3n) is 4.19. The molecule has 136 valence electrons. The summed E-state index contributed by atoms with van der Waals surface area (Å²) in [5.41, 5.74) is 3.07. The Morgan fingerprint density at radius 2 is 2.04 bits per heavy atom. The smallest absolute Gasteiger partial charge is 0.284 e. The van der Waals surface area contributed by atoms with Crippen LogP contribution in [0.15, 0.2) is 35.3 Å². The molecule has 0 aliphatic rings. The zero-order chi connectivity index (χ0) is 18.8. The highest BCUT2D eigenvalue weighted by Crippen LogP contribution is 2.23. The second kappa shape index (κ2) is 7.70. The molecule has 3 aromatic rings. The lowest BCUT2D eigenvalue weighted by molar-refractivity contribution is 0.0993. The van der Waals surface area contributed by atoms with Gasteiger partial charge in [-0.3, -0.25) is 4.79 Å². The summed E-state index contributed by atoms with van der Waals surface area (Å²) >= 11 is 7.38. The van der Waals surface area contributed by atoms with Gasteiger partial charge in [-0.1, -0.05) is 29.0 Å². The Balaban J connectivity index is 2.19. The van der Waals surface area contributed by atoms with Crippen LogP contribution >= 0.6 is 22.9 Å². The number of halogens is 2. The summed E-state index contributed by atoms with van der Waals surface area (Å²) in [5.74, 6) is -1.37. The highest BCUT2D eigenvalue weighted by Gasteiger charge is 2.16. The molecule has 0 bridgehead atoms. The molecule has 1 amide bonds. The van der Waals surface area contributed by atoms with Crippen LogP contribution in [0.2, 0.25) is 5.02 Å². The molecule has 0 aliphatic heterocycles. The maximum absolute atomic E-state index is 14.0. The highest BCUT2D eigenvalue weighted by atomic mass is 35.5. The average Bonchev–Trinajstić information content (AvgIpc) is 2.89. The molecule has 0 fully saturated rings. The first-order chi connectivity index (χ1) is 12.4. The lowest BCUT2D eigenvalue weighted by Gasteiger charge is -2.06. The van der Waals surface area contributed by atoms with Crippen molar-refractivity contribution in [2.24, 2.45) is 4.99 Å². The molecule has 0 unspecified atom stereocenters. The fourth-order valence-corrected chi connectivity index (χ4v) is 4.03. The largest absolute Gasteiger partial charge is 0.383 e. The number of aryl methyl sites for hydroxylation is 2. The van der Waals surface area contributed by atoms with Crippen LogP contribution < -0.4 is 4.80 Å². The maximum atomic E-state index is 14.0. The number of hydrogen-bond donors (Lipinski definition) is 0. The lowest BCUT2D eigenvalue weighted by atomic mass is 10.1. The van der Waals surface area contributed by atoms with Gasteiger partial charge in [0, 0.05) is 13.7 Å². The van der Waals surface area contributed by atoms with E-state index < -0.39 is 11.7 Å². The summed E-state index contributed by atoms with van der Waals surface area (Å²) in [4.78, 5) is 17.2. The SMILES string of the molecule is COCCn1c(=NC(=O)c2c(F)cccc2Cl)sc2cc(C)c(C)cc21. The molecule has 4 nitrogen and oxygen atoms in total. The standard InChI is InChI=1S/C19H18ClFN2O2S/c1-11-9-15-16(10-12(11)2)26-19(23(15)7-8-25-3)22-18(24)17-13(20)5-4-6-14(17)21/h4-6,9-10H,7-8H2,1-3H3. The molecular weight excluding hydrogens is 375 g/mol. The van der Waals surface area contributed by atoms with Gasteiger partial charge in [-0.05, 0) is 49.2 Å². The molecule has 0 aliphatic carbocycles. The minimum atomic E-state index is -0.695. The zero-order valence-electron chi connectivity index (χ0n) is 14.7. The molecule has 26 heavy (non-hydrogen) atoms. The summed E-state index contributed by atoms with van der Waals surface area (Å²) in [6, 6.07) is 8.27. The number of fused-ring (bicyclic) bond motifs is 1. The van der Waals surface area contributed by atoms with Gasteiger partial charge in [0.25, 0.3) is 5.91 Å². The number of methoxy groups -OCH3 is 1. The second-order valence-electron chi connectivity index (χ2n) is 5.95. The molecule has 3 rings (SSSR count). The Morgan fingerprint density at radius 3 is 2.73 bits per heavy atom. The van der Waals surface area contributed by atoms with E-state index in [4.69, 9.17) is 16.3 Å². The van der Waals surface area contributed by atoms with Gasteiger partial charge in [-0.2, -0.15) is 4.99 Å². The summed E-state index contributed by atoms with van der Waals surface area (Å²) < 4.78 is 22.1. The van der Waals surface area contributed by atoms with Crippen molar-refractivity contribution in [2.45, 2.75) is 20.4 Å². The van der Waals surface area contributed by atoms with Gasteiger partial charge in [0.1, 0.15) is 5.82 Å². The molecule has 0 atom stereocenters. The topological polar surface area (TPSA) is 43.6 Å². The first-order valence-electron chi connectivity index (χ1n) is 8.05. The van der Waals surface area contributed by atoms with E-state index in [1.54, 1.807) is 7.11 Å². The van der Waals surface area contributed by atoms with Gasteiger partial charge in [-0.25, -0.2) is 4.39 Å². The molecule has 7 heteroatoms. The van der Waals surface area contributed by atoms with E-state index >= 15 is 0 Å². The molecule has 0 saturated heterocycles. The summed E-state index contributed by atoms with van der Waals surface area (Å²) in [7, 11) is 1.62. The number of amides is 1. The first-order valence-corrected chi connectivity index (χ1v) is 9.24. The monoisotopic (exact) mass is 392 g/mol. The number of carbonyl (C=O) groups excluding carboxylic acids is 1. The Morgan fingerprint density at radius 1 is 1.31 bits per heavy atom. The van der Waals surface area contributed by atoms with Crippen molar-refractivity contribution in [3.8, 4) is 0 Å². The molecular formula is C19H18ClFN2O2S. The average molecular weight is 393 g/mol. The zero-order valence-corrected chi connectivity index (χ0v) is 16.2. The normalized spacial score (nSPS) is 12.1. The third kappa shape index (κ3) is 3.58. The molecule has 0 saturated carbocycles. The molecule has 2 aromatic carbocycles. The highest BCUT2D eigenvalue weighted by molar-refractivity contribution is 7.16. The molecule has 0 spiro atoms. The van der Waals surface area contributed by atoms with Crippen molar-refractivity contribution in [3.63, 3.8) is 0 Å². The number of nitrogens with zero attached hydrogens (tertiary/aromatic N) is 2. The van der Waals surface area contributed by atoms with Gasteiger partial charge < -0.3 is 9.30 Å². The van der Waals surface area contributed by atoms with Crippen molar-refractivity contribution in [1.29, 1.82) is 0 Å². The second-order valence-corrected chi connectivity index (χ2v) is 7.36. The van der Waals surface area contributed by atoms with Crippen molar-refractivity contribution in [3.05, 3.63) is 62.7 Å². The van der Waals surface area contributed by atoms with Crippen LogP contribution in [0.4, 0.5) is 4.39 Å². The Hall–Kier alpha value is -2.02. The van der Waals surface area contributed by atoms with E-state index in [9.17, 15) is 9.18 Å². The first kappa shape index (κ1) is 18.8. The van der Waals surface area contributed by atoms with Gasteiger partial charge >= 0.3 is 0 Å². The van der Waals surface area contributed by atoms with Crippen LogP contribution in [0.5, 0.6) is 0 Å². The number of carbonyl (C=O) groups is 1. The number of aromatic nitrogens is 1. The van der Waals surface area contributed by atoms with Gasteiger partial charge in [-0.15, -0.1) is 0 Å². The van der Waals surface area contributed by atoms with Crippen LogP contribution in [-0.2, 0) is 11.3 Å². The van der Waals surface area contributed by atoms with E-state index in [1.165, 1.54) is 29.5 Å². The van der Waals surface area contributed by atoms with E-state index in [0.717, 1.165) is 21.3 Å². The van der Waals surface area contributed by atoms with Crippen LogP contribution in [0.25, 0.3) is 10.2 Å². The Bertz CT molecular complexity index is 1040. The van der Waals surface area contributed by atoms with E-state index in [2.05, 4.69) is 17.1 Å². The molecule has 1 aromatic heterocycles. The summed E-state index contributed by atoms with van der Waals surface area (Å²) in [6.45, 7) is 5.08. The van der Waals surface area contributed by atoms with Crippen molar-refractivity contribution >= 4 is 39.1 Å². The summed E-state index contributed by atoms with van der Waals surface area (Å²) in [6.07, 6.45) is 0. The number of ether oxygens (including phenoxy) is 1. The predicted molar refractivity (Wildman–Crippen MR) is 102 cm³/mol. The van der Waals surface area contributed by atoms with Gasteiger partial charge in [0.05, 0.1) is 27.4 Å². The minimum absolute atomic E-state index is 0.0509. The Labute approximate surface area is 159 Å². The number of hydrogen-bond acceptors (Lipinski definition) is 3. The van der Waals surface area contributed by atoms with E-state index in [-0.39, 0.29) is 10.6 Å². The Kier molecular flexibility index (Phi) is 5.55. The van der Waals surface area contributed by atoms with Crippen LogP contribution in [0.1, 0.15) is 21.5 Å². The molecule has 0 N–H and O–H groups in total. The van der Waals surface area contributed by atoms with Crippen molar-refractivity contribution in [1.82, 2.24) is 4.57 Å². The van der Waals surface area contributed by atoms with Crippen molar-refractivity contribution in [2.75, 3.05) is 13.7 Å².